The lowest BCUT2D eigenvalue weighted by atomic mass is 9.93. The molecule has 88 valence electrons. The Bertz CT molecular complexity index is 209. The summed E-state index contributed by atoms with van der Waals surface area (Å²) in [6.45, 7) is 12.2. The van der Waals surface area contributed by atoms with Gasteiger partial charge in [-0.3, -0.25) is 4.90 Å². The van der Waals surface area contributed by atoms with Crippen LogP contribution in [0.15, 0.2) is 0 Å². The molecule has 1 N–H and O–H groups in total. The van der Waals surface area contributed by atoms with Gasteiger partial charge in [0.25, 0.3) is 0 Å². The Morgan fingerprint density at radius 3 is 2.67 bits per heavy atom. The molecule has 1 unspecified atom stereocenters. The first-order valence-corrected chi connectivity index (χ1v) is 6.56. The molecule has 1 saturated carbocycles. The second-order valence-corrected chi connectivity index (χ2v) is 6.04. The third kappa shape index (κ3) is 2.73. The van der Waals surface area contributed by atoms with Crippen LogP contribution in [-0.2, 0) is 0 Å². The largest absolute Gasteiger partial charge is 0.316 e. The van der Waals surface area contributed by atoms with Crippen molar-refractivity contribution < 1.29 is 0 Å². The molecule has 2 fully saturated rings. The fraction of sp³-hybridized carbons (Fsp3) is 1.00. The molecule has 0 bridgehead atoms. The summed E-state index contributed by atoms with van der Waals surface area (Å²) >= 11 is 0. The van der Waals surface area contributed by atoms with Crippen LogP contribution in [-0.4, -0.2) is 36.6 Å². The first-order chi connectivity index (χ1) is 7.10. The highest BCUT2D eigenvalue weighted by atomic mass is 15.2. The minimum Gasteiger partial charge on any atom is -0.316 e. The first-order valence-electron chi connectivity index (χ1n) is 6.56. The van der Waals surface area contributed by atoms with Gasteiger partial charge in [0.1, 0.15) is 0 Å². The lowest BCUT2D eigenvalue weighted by Crippen LogP contribution is -2.50. The summed E-state index contributed by atoms with van der Waals surface area (Å²) in [6.07, 6.45) is 4.22. The van der Waals surface area contributed by atoms with Crippen molar-refractivity contribution >= 4 is 0 Å². The average molecular weight is 210 g/mol. The zero-order valence-electron chi connectivity index (χ0n) is 10.6. The Morgan fingerprint density at radius 1 is 1.27 bits per heavy atom. The summed E-state index contributed by atoms with van der Waals surface area (Å²) < 4.78 is 0. The van der Waals surface area contributed by atoms with Crippen LogP contribution in [0.5, 0.6) is 0 Å². The van der Waals surface area contributed by atoms with Gasteiger partial charge < -0.3 is 5.32 Å². The van der Waals surface area contributed by atoms with Gasteiger partial charge in [-0.05, 0) is 64.6 Å². The summed E-state index contributed by atoms with van der Waals surface area (Å²) in [5, 5.41) is 3.53. The van der Waals surface area contributed by atoms with Gasteiger partial charge in [0, 0.05) is 12.1 Å². The van der Waals surface area contributed by atoms with Crippen LogP contribution < -0.4 is 5.32 Å². The summed E-state index contributed by atoms with van der Waals surface area (Å²) in [4.78, 5) is 2.75. The fourth-order valence-electron chi connectivity index (χ4n) is 2.85. The van der Waals surface area contributed by atoms with Gasteiger partial charge in [0.05, 0.1) is 0 Å². The predicted molar refractivity (Wildman–Crippen MR) is 65.0 cm³/mol. The number of rotatable bonds is 2. The number of hydrogen-bond acceptors (Lipinski definition) is 2. The van der Waals surface area contributed by atoms with Crippen LogP contribution >= 0.6 is 0 Å². The molecule has 1 aliphatic carbocycles. The molecule has 0 spiro atoms. The quantitative estimate of drug-likeness (QED) is 0.751. The maximum Gasteiger partial charge on any atom is 0.0181 e. The van der Waals surface area contributed by atoms with E-state index < -0.39 is 0 Å². The zero-order chi connectivity index (χ0) is 10.9. The average Bonchev–Trinajstić information content (AvgIpc) is 2.93. The first kappa shape index (κ1) is 11.4. The van der Waals surface area contributed by atoms with Crippen LogP contribution in [0.1, 0.15) is 40.0 Å². The summed E-state index contributed by atoms with van der Waals surface area (Å²) in [7, 11) is 0. The van der Waals surface area contributed by atoms with Gasteiger partial charge in [0.2, 0.25) is 0 Å². The molecule has 0 amide bonds. The Balaban J connectivity index is 1.97. The minimum atomic E-state index is 0.450. The maximum absolute atomic E-state index is 3.53. The molecule has 2 aliphatic rings. The fourth-order valence-corrected chi connectivity index (χ4v) is 2.85. The van der Waals surface area contributed by atoms with Crippen LogP contribution in [0.25, 0.3) is 0 Å². The number of nitrogens with one attached hydrogen (secondary N) is 1. The molecule has 1 heterocycles. The van der Waals surface area contributed by atoms with Crippen LogP contribution in [0.3, 0.4) is 0 Å². The van der Waals surface area contributed by atoms with Crippen molar-refractivity contribution in [3.8, 4) is 0 Å². The maximum atomic E-state index is 3.53. The number of nitrogens with zero attached hydrogens (tertiary/aromatic N) is 1. The van der Waals surface area contributed by atoms with Crippen LogP contribution in [0.4, 0.5) is 0 Å². The molecule has 2 nitrogen and oxygen atoms in total. The van der Waals surface area contributed by atoms with Crippen molar-refractivity contribution in [2.75, 3.05) is 26.2 Å². The van der Waals surface area contributed by atoms with Gasteiger partial charge in [-0.15, -0.1) is 0 Å². The Hall–Kier alpha value is -0.0800. The molecule has 2 rings (SSSR count). The van der Waals surface area contributed by atoms with Crippen molar-refractivity contribution in [1.82, 2.24) is 10.2 Å². The van der Waals surface area contributed by atoms with E-state index in [0.29, 0.717) is 5.54 Å². The van der Waals surface area contributed by atoms with Crippen molar-refractivity contribution in [2.45, 2.75) is 45.6 Å². The lowest BCUT2D eigenvalue weighted by Gasteiger charge is -2.42. The molecule has 0 aromatic rings. The highest BCUT2D eigenvalue weighted by molar-refractivity contribution is 4.96. The Labute approximate surface area is 94.4 Å². The molecule has 1 aliphatic heterocycles. The van der Waals surface area contributed by atoms with E-state index in [-0.39, 0.29) is 0 Å². The molecule has 15 heavy (non-hydrogen) atoms. The highest BCUT2D eigenvalue weighted by Gasteiger charge is 2.42. The van der Waals surface area contributed by atoms with Crippen molar-refractivity contribution in [1.29, 1.82) is 0 Å². The molecular weight excluding hydrogens is 184 g/mol. The van der Waals surface area contributed by atoms with Crippen molar-refractivity contribution in [3.63, 3.8) is 0 Å². The van der Waals surface area contributed by atoms with Gasteiger partial charge in [0.15, 0.2) is 0 Å². The SMILES string of the molecule is CC1CNCCCN(C(C)(C)C2CC2)C1. The zero-order valence-corrected chi connectivity index (χ0v) is 10.6. The molecule has 1 saturated heterocycles. The second kappa shape index (κ2) is 4.42. The van der Waals surface area contributed by atoms with Gasteiger partial charge in [-0.25, -0.2) is 0 Å². The third-order valence-corrected chi connectivity index (χ3v) is 4.20. The standard InChI is InChI=1S/C13H26N2/c1-11-9-14-7-4-8-15(10-11)13(2,3)12-5-6-12/h11-12,14H,4-10H2,1-3H3. The summed E-state index contributed by atoms with van der Waals surface area (Å²) in [5.74, 6) is 1.76. The van der Waals surface area contributed by atoms with E-state index in [2.05, 4.69) is 31.0 Å². The second-order valence-electron chi connectivity index (χ2n) is 6.04. The van der Waals surface area contributed by atoms with E-state index in [1.807, 2.05) is 0 Å². The van der Waals surface area contributed by atoms with E-state index in [9.17, 15) is 0 Å². The van der Waals surface area contributed by atoms with E-state index in [1.54, 1.807) is 0 Å². The van der Waals surface area contributed by atoms with Crippen LogP contribution in [0.2, 0.25) is 0 Å². The molecular formula is C13H26N2. The monoisotopic (exact) mass is 210 g/mol. The van der Waals surface area contributed by atoms with Crippen molar-refractivity contribution in [3.05, 3.63) is 0 Å². The molecule has 0 radical (unpaired) electrons. The highest BCUT2D eigenvalue weighted by Crippen LogP contribution is 2.43. The normalized spacial score (nSPS) is 31.0. The van der Waals surface area contributed by atoms with E-state index >= 15 is 0 Å². The smallest absolute Gasteiger partial charge is 0.0181 e. The topological polar surface area (TPSA) is 15.3 Å². The Morgan fingerprint density at radius 2 is 2.00 bits per heavy atom. The van der Waals surface area contributed by atoms with E-state index in [1.165, 1.54) is 45.4 Å². The van der Waals surface area contributed by atoms with E-state index in [4.69, 9.17) is 0 Å². The van der Waals surface area contributed by atoms with Gasteiger partial charge in [-0.1, -0.05) is 6.92 Å². The molecule has 1 atom stereocenters. The van der Waals surface area contributed by atoms with Crippen molar-refractivity contribution in [2.24, 2.45) is 11.8 Å². The molecule has 0 aromatic carbocycles. The van der Waals surface area contributed by atoms with Gasteiger partial charge >= 0.3 is 0 Å². The minimum absolute atomic E-state index is 0.450. The summed E-state index contributed by atoms with van der Waals surface area (Å²) in [5.41, 5.74) is 0.450. The lowest BCUT2D eigenvalue weighted by molar-refractivity contribution is 0.0747. The third-order valence-electron chi connectivity index (χ3n) is 4.20. The van der Waals surface area contributed by atoms with Crippen LogP contribution in [0, 0.1) is 11.8 Å². The molecule has 2 heteroatoms. The predicted octanol–water partition coefficient (Wildman–Crippen LogP) is 2.11. The summed E-state index contributed by atoms with van der Waals surface area (Å²) in [6, 6.07) is 0. The molecule has 0 aromatic heterocycles. The Kier molecular flexibility index (Phi) is 3.36. The number of hydrogen-bond donors (Lipinski definition) is 1. The van der Waals surface area contributed by atoms with E-state index in [0.717, 1.165) is 11.8 Å². The van der Waals surface area contributed by atoms with Gasteiger partial charge in [-0.2, -0.15) is 0 Å².